The van der Waals surface area contributed by atoms with Crippen molar-refractivity contribution >= 4 is 32.6 Å². The van der Waals surface area contributed by atoms with E-state index in [0.717, 1.165) is 30.2 Å². The first-order valence-corrected chi connectivity index (χ1v) is 7.74. The van der Waals surface area contributed by atoms with Crippen LogP contribution in [-0.4, -0.2) is 10.8 Å². The van der Waals surface area contributed by atoms with E-state index in [1.54, 1.807) is 0 Å². The molecule has 0 aliphatic heterocycles. The maximum Gasteiger partial charge on any atom is 0.136 e. The number of ketones is 1. The molecule has 1 aliphatic rings. The van der Waals surface area contributed by atoms with Crippen LogP contribution in [0.1, 0.15) is 36.9 Å². The van der Waals surface area contributed by atoms with E-state index in [2.05, 4.69) is 40.0 Å². The summed E-state index contributed by atoms with van der Waals surface area (Å²) in [5.41, 5.74) is 3.68. The summed E-state index contributed by atoms with van der Waals surface area (Å²) in [7, 11) is 0. The summed E-state index contributed by atoms with van der Waals surface area (Å²) in [5, 5.41) is 1.25. The molecule has 3 rings (SSSR count). The fraction of sp³-hybridized carbons (Fsp3) is 0.438. The molecule has 1 atom stereocenters. The van der Waals surface area contributed by atoms with Crippen LogP contribution in [0.5, 0.6) is 0 Å². The topological polar surface area (TPSA) is 32.9 Å². The van der Waals surface area contributed by atoms with Crippen LogP contribution in [0.15, 0.2) is 22.7 Å². The highest BCUT2D eigenvalue weighted by atomic mass is 79.9. The number of nitrogens with one attached hydrogen (secondary N) is 1. The normalized spacial score (nSPS) is 20.1. The van der Waals surface area contributed by atoms with Crippen LogP contribution in [0, 0.1) is 12.8 Å². The van der Waals surface area contributed by atoms with Gasteiger partial charge in [-0.05, 0) is 49.9 Å². The second-order valence-electron chi connectivity index (χ2n) is 5.53. The lowest BCUT2D eigenvalue weighted by Crippen LogP contribution is -2.21. The maximum absolute atomic E-state index is 12.0. The average molecular weight is 320 g/mol. The molecule has 0 amide bonds. The van der Waals surface area contributed by atoms with Crippen molar-refractivity contribution in [3.05, 3.63) is 33.9 Å². The number of hydrogen-bond donors (Lipinski definition) is 1. The summed E-state index contributed by atoms with van der Waals surface area (Å²) in [5.74, 6) is 0.681. The lowest BCUT2D eigenvalue weighted by molar-refractivity contribution is -0.124. The highest BCUT2D eigenvalue weighted by Gasteiger charge is 2.24. The number of carbonyl (C=O) groups excluding carboxylic acids is 1. The molecule has 1 unspecified atom stereocenters. The van der Waals surface area contributed by atoms with E-state index in [-0.39, 0.29) is 5.92 Å². The first-order valence-electron chi connectivity index (χ1n) is 6.94. The van der Waals surface area contributed by atoms with Crippen molar-refractivity contribution < 1.29 is 4.79 Å². The average Bonchev–Trinajstić information content (AvgIpc) is 2.69. The van der Waals surface area contributed by atoms with Gasteiger partial charge in [-0.3, -0.25) is 4.79 Å². The third-order valence-electron chi connectivity index (χ3n) is 4.21. The molecule has 1 aliphatic carbocycles. The molecular formula is C16H18BrNO. The Labute approximate surface area is 121 Å². The van der Waals surface area contributed by atoms with E-state index in [0.29, 0.717) is 5.78 Å². The molecule has 1 aromatic carbocycles. The van der Waals surface area contributed by atoms with Gasteiger partial charge in [-0.1, -0.05) is 22.4 Å². The number of Topliss-reactive ketones (excluding diaryl/α,β-unsaturated/α-hetero) is 1. The van der Waals surface area contributed by atoms with Gasteiger partial charge in [-0.15, -0.1) is 0 Å². The Balaban J connectivity index is 1.97. The molecule has 1 saturated carbocycles. The second kappa shape index (κ2) is 5.12. The van der Waals surface area contributed by atoms with Crippen molar-refractivity contribution in [1.82, 2.24) is 4.98 Å². The predicted molar refractivity (Wildman–Crippen MR) is 81.4 cm³/mol. The van der Waals surface area contributed by atoms with Crippen LogP contribution >= 0.6 is 15.9 Å². The van der Waals surface area contributed by atoms with Gasteiger partial charge in [0.05, 0.1) is 0 Å². The zero-order valence-corrected chi connectivity index (χ0v) is 12.7. The summed E-state index contributed by atoms with van der Waals surface area (Å²) in [4.78, 5) is 15.4. The molecule has 3 heteroatoms. The molecule has 1 fully saturated rings. The van der Waals surface area contributed by atoms with Gasteiger partial charge in [0.2, 0.25) is 0 Å². The van der Waals surface area contributed by atoms with Crippen molar-refractivity contribution in [2.24, 2.45) is 5.92 Å². The van der Waals surface area contributed by atoms with Crippen LogP contribution in [0.4, 0.5) is 0 Å². The van der Waals surface area contributed by atoms with Crippen molar-refractivity contribution in [2.45, 2.75) is 39.0 Å². The Hall–Kier alpha value is -1.09. The molecule has 1 aromatic heterocycles. The first-order chi connectivity index (χ1) is 9.15. The van der Waals surface area contributed by atoms with Crippen molar-refractivity contribution in [3.8, 4) is 0 Å². The molecule has 1 N–H and O–H groups in total. The number of carbonyl (C=O) groups is 1. The minimum absolute atomic E-state index is 0.227. The molecule has 100 valence electrons. The van der Waals surface area contributed by atoms with Gasteiger partial charge < -0.3 is 4.98 Å². The van der Waals surface area contributed by atoms with Crippen molar-refractivity contribution in [1.29, 1.82) is 0 Å². The minimum Gasteiger partial charge on any atom is -0.358 e. The SMILES string of the molecule is Cc1[nH]c2ccc(Br)cc2c1CC1CCCCC1=O. The fourth-order valence-corrected chi connectivity index (χ4v) is 3.50. The van der Waals surface area contributed by atoms with E-state index >= 15 is 0 Å². The third kappa shape index (κ3) is 2.48. The van der Waals surface area contributed by atoms with Gasteiger partial charge in [-0.25, -0.2) is 0 Å². The Bertz CT molecular complexity index is 629. The van der Waals surface area contributed by atoms with Gasteiger partial charge in [-0.2, -0.15) is 0 Å². The number of aromatic nitrogens is 1. The van der Waals surface area contributed by atoms with Gasteiger partial charge in [0.25, 0.3) is 0 Å². The highest BCUT2D eigenvalue weighted by Crippen LogP contribution is 2.31. The number of rotatable bonds is 2. The number of hydrogen-bond acceptors (Lipinski definition) is 1. The zero-order valence-electron chi connectivity index (χ0n) is 11.1. The van der Waals surface area contributed by atoms with E-state index in [9.17, 15) is 4.79 Å². The number of H-pyrrole nitrogens is 1. The monoisotopic (exact) mass is 319 g/mol. The standard InChI is InChI=1S/C16H18BrNO/c1-10-13(8-11-4-2-3-5-16(11)19)14-9-12(17)6-7-15(14)18-10/h6-7,9,11,18H,2-5,8H2,1H3. The molecule has 0 bridgehead atoms. The van der Waals surface area contributed by atoms with E-state index in [1.165, 1.54) is 28.6 Å². The molecule has 2 nitrogen and oxygen atoms in total. The summed E-state index contributed by atoms with van der Waals surface area (Å²) in [6.07, 6.45) is 4.99. The number of fused-ring (bicyclic) bond motifs is 1. The predicted octanol–water partition coefficient (Wildman–Crippen LogP) is 4.54. The quantitative estimate of drug-likeness (QED) is 0.866. The number of aryl methyl sites for hydroxylation is 1. The van der Waals surface area contributed by atoms with Crippen molar-refractivity contribution in [3.63, 3.8) is 0 Å². The van der Waals surface area contributed by atoms with E-state index in [1.807, 2.05) is 6.07 Å². The lowest BCUT2D eigenvalue weighted by Gasteiger charge is -2.20. The van der Waals surface area contributed by atoms with Crippen LogP contribution in [0.3, 0.4) is 0 Å². The second-order valence-corrected chi connectivity index (χ2v) is 6.45. The lowest BCUT2D eigenvalue weighted by atomic mass is 9.83. The Morgan fingerprint density at radius 2 is 2.21 bits per heavy atom. The van der Waals surface area contributed by atoms with Gasteiger partial charge >= 0.3 is 0 Å². The van der Waals surface area contributed by atoms with E-state index < -0.39 is 0 Å². The molecule has 0 spiro atoms. The molecule has 0 saturated heterocycles. The largest absolute Gasteiger partial charge is 0.358 e. The smallest absolute Gasteiger partial charge is 0.136 e. The van der Waals surface area contributed by atoms with Crippen LogP contribution in [-0.2, 0) is 11.2 Å². The van der Waals surface area contributed by atoms with E-state index in [4.69, 9.17) is 0 Å². The Kier molecular flexibility index (Phi) is 3.48. The molecule has 19 heavy (non-hydrogen) atoms. The minimum atomic E-state index is 0.227. The maximum atomic E-state index is 12.0. The first kappa shape index (κ1) is 12.9. The van der Waals surface area contributed by atoms with Crippen LogP contribution in [0.2, 0.25) is 0 Å². The summed E-state index contributed by atoms with van der Waals surface area (Å²) < 4.78 is 1.09. The van der Waals surface area contributed by atoms with Crippen LogP contribution < -0.4 is 0 Å². The summed E-state index contributed by atoms with van der Waals surface area (Å²) in [6.45, 7) is 2.11. The van der Waals surface area contributed by atoms with Gasteiger partial charge in [0.15, 0.2) is 0 Å². The van der Waals surface area contributed by atoms with Gasteiger partial charge in [0.1, 0.15) is 5.78 Å². The van der Waals surface area contributed by atoms with Gasteiger partial charge in [0, 0.05) is 33.4 Å². The van der Waals surface area contributed by atoms with Crippen LogP contribution in [0.25, 0.3) is 10.9 Å². The molecule has 1 heterocycles. The zero-order chi connectivity index (χ0) is 13.4. The molecular weight excluding hydrogens is 302 g/mol. The Morgan fingerprint density at radius 1 is 1.37 bits per heavy atom. The Morgan fingerprint density at radius 3 is 3.00 bits per heavy atom. The number of halogens is 1. The number of benzene rings is 1. The summed E-state index contributed by atoms with van der Waals surface area (Å²) in [6, 6.07) is 6.30. The van der Waals surface area contributed by atoms with Crippen molar-refractivity contribution in [2.75, 3.05) is 0 Å². The molecule has 0 radical (unpaired) electrons. The molecule has 2 aromatic rings. The fourth-order valence-electron chi connectivity index (χ4n) is 3.14. The summed E-state index contributed by atoms with van der Waals surface area (Å²) >= 11 is 3.53. The number of aromatic amines is 1. The highest BCUT2D eigenvalue weighted by molar-refractivity contribution is 9.10. The third-order valence-corrected chi connectivity index (χ3v) is 4.71.